The van der Waals surface area contributed by atoms with Crippen LogP contribution in [0.15, 0.2) is 63.0 Å². The molecule has 0 atom stereocenters. The maximum absolute atomic E-state index is 12.9. The monoisotopic (exact) mass is 399 g/mol. The number of rotatable bonds is 3. The van der Waals surface area contributed by atoms with Crippen molar-refractivity contribution in [1.82, 2.24) is 14.1 Å². The van der Waals surface area contributed by atoms with Crippen molar-refractivity contribution in [3.63, 3.8) is 0 Å². The summed E-state index contributed by atoms with van der Waals surface area (Å²) in [5.74, 6) is 0. The molecule has 146 valence electrons. The number of aromatic nitrogens is 2. The van der Waals surface area contributed by atoms with E-state index >= 15 is 0 Å². The Kier molecular flexibility index (Phi) is 4.91. The first-order valence-corrected chi connectivity index (χ1v) is 10.8. The Bertz CT molecular complexity index is 1220. The lowest BCUT2D eigenvalue weighted by atomic mass is 10.2. The van der Waals surface area contributed by atoms with Gasteiger partial charge in [-0.05, 0) is 49.2 Å². The van der Waals surface area contributed by atoms with Crippen molar-refractivity contribution in [2.75, 3.05) is 13.1 Å². The van der Waals surface area contributed by atoms with Crippen LogP contribution in [0.2, 0.25) is 0 Å². The van der Waals surface area contributed by atoms with Gasteiger partial charge in [-0.1, -0.05) is 25.0 Å². The number of nitrogens with zero attached hydrogens (tertiary/aromatic N) is 2. The third-order valence-corrected chi connectivity index (χ3v) is 7.03. The van der Waals surface area contributed by atoms with Gasteiger partial charge in [-0.2, -0.15) is 4.31 Å². The first-order chi connectivity index (χ1) is 13.5. The zero-order valence-corrected chi connectivity index (χ0v) is 16.1. The molecule has 1 aliphatic heterocycles. The molecule has 0 unspecified atom stereocenters. The van der Waals surface area contributed by atoms with Crippen molar-refractivity contribution < 1.29 is 8.42 Å². The average Bonchev–Trinajstić information content (AvgIpc) is 3.01. The highest BCUT2D eigenvalue weighted by atomic mass is 32.2. The first-order valence-electron chi connectivity index (χ1n) is 9.33. The van der Waals surface area contributed by atoms with Gasteiger partial charge in [-0.25, -0.2) is 13.1 Å². The van der Waals surface area contributed by atoms with Crippen LogP contribution in [0.25, 0.3) is 16.5 Å². The lowest BCUT2D eigenvalue weighted by Gasteiger charge is -2.20. The summed E-state index contributed by atoms with van der Waals surface area (Å²) in [6.07, 6.45) is 3.82. The van der Waals surface area contributed by atoms with Crippen LogP contribution in [0.4, 0.5) is 0 Å². The van der Waals surface area contributed by atoms with Gasteiger partial charge < -0.3 is 0 Å². The fraction of sp³-hybridized carbons (Fsp3) is 0.300. The lowest BCUT2D eigenvalue weighted by molar-refractivity contribution is 0.423. The summed E-state index contributed by atoms with van der Waals surface area (Å²) in [6.45, 7) is 1.06. The molecule has 7 nitrogen and oxygen atoms in total. The minimum Gasteiger partial charge on any atom is -0.267 e. The van der Waals surface area contributed by atoms with Gasteiger partial charge in [0.1, 0.15) is 0 Å². The zero-order valence-electron chi connectivity index (χ0n) is 15.3. The van der Waals surface area contributed by atoms with Crippen LogP contribution in [0.5, 0.6) is 0 Å². The minimum absolute atomic E-state index is 0.189. The van der Waals surface area contributed by atoms with E-state index in [1.54, 1.807) is 24.3 Å². The molecule has 0 amide bonds. The second-order valence-corrected chi connectivity index (χ2v) is 8.88. The Morgan fingerprint density at radius 1 is 0.786 bits per heavy atom. The second kappa shape index (κ2) is 7.37. The molecule has 1 N–H and O–H groups in total. The highest BCUT2D eigenvalue weighted by Crippen LogP contribution is 2.21. The van der Waals surface area contributed by atoms with E-state index in [1.807, 2.05) is 0 Å². The molecule has 2 aromatic carbocycles. The lowest BCUT2D eigenvalue weighted by Crippen LogP contribution is -2.32. The van der Waals surface area contributed by atoms with Crippen molar-refractivity contribution >= 4 is 20.8 Å². The third kappa shape index (κ3) is 3.29. The largest absolute Gasteiger partial charge is 0.277 e. The predicted octanol–water partition coefficient (Wildman–Crippen LogP) is 2.24. The first kappa shape index (κ1) is 18.6. The maximum atomic E-state index is 12.9. The van der Waals surface area contributed by atoms with Crippen LogP contribution < -0.4 is 11.1 Å². The standard InChI is InChI=1S/C20H21N3O4S/c24-19-17-7-3-4-8-18(17)20(25)23(21-19)15-9-11-16(12-10-15)28(26,27)22-13-5-1-2-6-14-22/h3-4,7-12H,1-2,5-6,13-14H2,(H,21,24). The molecule has 8 heteroatoms. The summed E-state index contributed by atoms with van der Waals surface area (Å²) in [7, 11) is -3.56. The van der Waals surface area contributed by atoms with Crippen molar-refractivity contribution in [2.24, 2.45) is 0 Å². The maximum Gasteiger partial charge on any atom is 0.277 e. The molecular weight excluding hydrogens is 378 g/mol. The molecule has 1 aliphatic rings. The van der Waals surface area contributed by atoms with Crippen molar-refractivity contribution in [3.8, 4) is 5.69 Å². The summed E-state index contributed by atoms with van der Waals surface area (Å²) >= 11 is 0. The Labute approximate surface area is 162 Å². The molecular formula is C20H21N3O4S. The van der Waals surface area contributed by atoms with E-state index < -0.39 is 10.0 Å². The number of fused-ring (bicyclic) bond motifs is 1. The van der Waals surface area contributed by atoms with Gasteiger partial charge in [-0.15, -0.1) is 0 Å². The summed E-state index contributed by atoms with van der Waals surface area (Å²) in [4.78, 5) is 25.2. The summed E-state index contributed by atoms with van der Waals surface area (Å²) in [6, 6.07) is 12.6. The fourth-order valence-electron chi connectivity index (χ4n) is 3.58. The number of nitrogens with one attached hydrogen (secondary N) is 1. The van der Waals surface area contributed by atoms with E-state index in [2.05, 4.69) is 5.10 Å². The highest BCUT2D eigenvalue weighted by molar-refractivity contribution is 7.89. The van der Waals surface area contributed by atoms with Gasteiger partial charge in [0.2, 0.25) is 10.0 Å². The van der Waals surface area contributed by atoms with E-state index in [-0.39, 0.29) is 16.0 Å². The molecule has 1 fully saturated rings. The SMILES string of the molecule is O=c1[nH]n(-c2ccc(S(=O)(=O)N3CCCCCC3)cc2)c(=O)c2ccccc12. The highest BCUT2D eigenvalue weighted by Gasteiger charge is 2.25. The minimum atomic E-state index is -3.56. The van der Waals surface area contributed by atoms with Crippen molar-refractivity contribution in [3.05, 3.63) is 69.2 Å². The molecule has 1 aromatic heterocycles. The Hall–Kier alpha value is -2.71. The number of hydrogen-bond acceptors (Lipinski definition) is 4. The van der Waals surface area contributed by atoms with E-state index in [0.29, 0.717) is 29.5 Å². The van der Waals surface area contributed by atoms with Gasteiger partial charge in [-0.3, -0.25) is 14.7 Å². The zero-order chi connectivity index (χ0) is 19.7. The Balaban J connectivity index is 1.73. The predicted molar refractivity (Wildman–Crippen MR) is 107 cm³/mol. The van der Waals surface area contributed by atoms with E-state index in [4.69, 9.17) is 0 Å². The van der Waals surface area contributed by atoms with Crippen LogP contribution >= 0.6 is 0 Å². The quantitative estimate of drug-likeness (QED) is 0.731. The molecule has 3 aromatic rings. The Morgan fingerprint density at radius 3 is 2.04 bits per heavy atom. The number of aromatic amines is 1. The molecule has 0 radical (unpaired) electrons. The molecule has 0 spiro atoms. The van der Waals surface area contributed by atoms with E-state index in [9.17, 15) is 18.0 Å². The third-order valence-electron chi connectivity index (χ3n) is 5.12. The molecule has 2 heterocycles. The van der Waals surface area contributed by atoms with Crippen LogP contribution in [-0.4, -0.2) is 35.6 Å². The average molecular weight is 399 g/mol. The number of hydrogen-bond donors (Lipinski definition) is 1. The molecule has 1 saturated heterocycles. The number of sulfonamides is 1. The molecule has 0 aliphatic carbocycles. The summed E-state index contributed by atoms with van der Waals surface area (Å²) in [5.41, 5.74) is -0.336. The van der Waals surface area contributed by atoms with Gasteiger partial charge in [0.15, 0.2) is 0 Å². The Morgan fingerprint density at radius 2 is 1.39 bits per heavy atom. The molecule has 0 saturated carbocycles. The van der Waals surface area contributed by atoms with Crippen molar-refractivity contribution in [2.45, 2.75) is 30.6 Å². The van der Waals surface area contributed by atoms with Gasteiger partial charge in [0.25, 0.3) is 11.1 Å². The fourth-order valence-corrected chi connectivity index (χ4v) is 5.10. The molecule has 0 bridgehead atoms. The smallest absolute Gasteiger partial charge is 0.267 e. The van der Waals surface area contributed by atoms with Crippen LogP contribution in [0.3, 0.4) is 0 Å². The number of H-pyrrole nitrogens is 1. The topological polar surface area (TPSA) is 92.2 Å². The number of benzene rings is 2. The van der Waals surface area contributed by atoms with Crippen LogP contribution in [-0.2, 0) is 10.0 Å². The van der Waals surface area contributed by atoms with Gasteiger partial charge in [0, 0.05) is 13.1 Å². The summed E-state index contributed by atoms with van der Waals surface area (Å²) < 4.78 is 28.4. The summed E-state index contributed by atoms with van der Waals surface area (Å²) in [5, 5.41) is 3.19. The second-order valence-electron chi connectivity index (χ2n) is 6.94. The van der Waals surface area contributed by atoms with Crippen molar-refractivity contribution in [1.29, 1.82) is 0 Å². The van der Waals surface area contributed by atoms with Crippen LogP contribution in [0, 0.1) is 0 Å². The van der Waals surface area contributed by atoms with E-state index in [0.717, 1.165) is 30.4 Å². The van der Waals surface area contributed by atoms with E-state index in [1.165, 1.54) is 28.6 Å². The van der Waals surface area contributed by atoms with Crippen LogP contribution in [0.1, 0.15) is 25.7 Å². The molecule has 4 rings (SSSR count). The normalized spacial score (nSPS) is 16.1. The van der Waals surface area contributed by atoms with Gasteiger partial charge >= 0.3 is 0 Å². The van der Waals surface area contributed by atoms with Gasteiger partial charge in [0.05, 0.1) is 21.4 Å². The molecule has 28 heavy (non-hydrogen) atoms.